The van der Waals surface area contributed by atoms with Gasteiger partial charge in [0.1, 0.15) is 5.82 Å². The smallest absolute Gasteiger partial charge is 0.262 e. The second kappa shape index (κ2) is 6.40. The van der Waals surface area contributed by atoms with Crippen molar-refractivity contribution in [3.05, 3.63) is 74.2 Å². The molecular formula is C19H16N4O3S. The number of fused-ring (bicyclic) bond motifs is 1. The highest BCUT2D eigenvalue weighted by atomic mass is 32.1. The van der Waals surface area contributed by atoms with Crippen LogP contribution in [0.2, 0.25) is 0 Å². The zero-order chi connectivity index (χ0) is 19.1. The van der Waals surface area contributed by atoms with Crippen LogP contribution in [0.25, 0.3) is 5.69 Å². The van der Waals surface area contributed by atoms with Crippen LogP contribution in [0.15, 0.2) is 52.6 Å². The van der Waals surface area contributed by atoms with E-state index in [1.807, 2.05) is 36.6 Å². The molecule has 3 heterocycles. The van der Waals surface area contributed by atoms with Gasteiger partial charge in [-0.1, -0.05) is 18.2 Å². The summed E-state index contributed by atoms with van der Waals surface area (Å²) in [7, 11) is 0. The molecule has 4 N–H and O–H groups in total. The van der Waals surface area contributed by atoms with Crippen molar-refractivity contribution in [2.45, 2.75) is 13.0 Å². The Balaban J connectivity index is 1.84. The van der Waals surface area contributed by atoms with Gasteiger partial charge in [-0.05, 0) is 30.5 Å². The zero-order valence-electron chi connectivity index (χ0n) is 14.4. The van der Waals surface area contributed by atoms with Gasteiger partial charge in [0.25, 0.3) is 17.4 Å². The van der Waals surface area contributed by atoms with Crippen LogP contribution in [0.5, 0.6) is 0 Å². The maximum absolute atomic E-state index is 12.7. The summed E-state index contributed by atoms with van der Waals surface area (Å²) >= 11 is 1.63. The van der Waals surface area contributed by atoms with E-state index in [0.717, 1.165) is 10.9 Å². The first kappa shape index (κ1) is 17.0. The Morgan fingerprint density at radius 2 is 1.89 bits per heavy atom. The molecule has 27 heavy (non-hydrogen) atoms. The zero-order valence-corrected chi connectivity index (χ0v) is 15.2. The third kappa shape index (κ3) is 2.80. The SMILES string of the molecule is CC(Nc1ccccc1-n1c(N)c2c(cc1=O)C(=O)NC2=O)c1cccs1. The number of amides is 2. The molecule has 3 aromatic rings. The normalized spacial score (nSPS) is 14.0. The molecule has 2 amide bonds. The van der Waals surface area contributed by atoms with Gasteiger partial charge in [-0.15, -0.1) is 11.3 Å². The Morgan fingerprint density at radius 3 is 2.63 bits per heavy atom. The molecule has 0 bridgehead atoms. The average Bonchev–Trinajstić information content (AvgIpc) is 3.25. The summed E-state index contributed by atoms with van der Waals surface area (Å²) < 4.78 is 1.25. The van der Waals surface area contributed by atoms with Crippen molar-refractivity contribution < 1.29 is 9.59 Å². The van der Waals surface area contributed by atoms with Gasteiger partial charge in [-0.2, -0.15) is 0 Å². The number of pyridine rings is 1. The van der Waals surface area contributed by atoms with Crippen LogP contribution in [0, 0.1) is 0 Å². The van der Waals surface area contributed by atoms with E-state index in [4.69, 9.17) is 5.73 Å². The number of imide groups is 1. The highest BCUT2D eigenvalue weighted by molar-refractivity contribution is 7.10. The number of thiophene rings is 1. The Morgan fingerprint density at radius 1 is 1.11 bits per heavy atom. The number of para-hydroxylation sites is 2. The fraction of sp³-hybridized carbons (Fsp3) is 0.105. The van der Waals surface area contributed by atoms with E-state index in [2.05, 4.69) is 10.6 Å². The Hall–Kier alpha value is -3.39. The summed E-state index contributed by atoms with van der Waals surface area (Å²) in [5, 5.41) is 7.55. The predicted octanol–water partition coefficient (Wildman–Crippen LogP) is 2.54. The molecule has 0 aliphatic carbocycles. The van der Waals surface area contributed by atoms with Gasteiger partial charge in [0.15, 0.2) is 0 Å². The molecular weight excluding hydrogens is 364 g/mol. The number of aromatic nitrogens is 1. The molecule has 1 aliphatic heterocycles. The molecule has 0 saturated heterocycles. The monoisotopic (exact) mass is 380 g/mol. The number of rotatable bonds is 4. The molecule has 1 aromatic carbocycles. The summed E-state index contributed by atoms with van der Waals surface area (Å²) in [5.74, 6) is -1.26. The van der Waals surface area contributed by atoms with Crippen LogP contribution in [-0.4, -0.2) is 16.4 Å². The summed E-state index contributed by atoms with van der Waals surface area (Å²) in [6.07, 6.45) is 0. The lowest BCUT2D eigenvalue weighted by Gasteiger charge is -2.19. The molecule has 1 aliphatic rings. The van der Waals surface area contributed by atoms with Crippen LogP contribution < -0.4 is 21.9 Å². The van der Waals surface area contributed by atoms with Crippen molar-refractivity contribution in [3.8, 4) is 5.69 Å². The van der Waals surface area contributed by atoms with Crippen LogP contribution in [0.3, 0.4) is 0 Å². The number of hydrogen-bond donors (Lipinski definition) is 3. The largest absolute Gasteiger partial charge is 0.384 e. The lowest BCUT2D eigenvalue weighted by molar-refractivity contribution is 0.0880. The van der Waals surface area contributed by atoms with E-state index < -0.39 is 17.4 Å². The quantitative estimate of drug-likeness (QED) is 0.603. The fourth-order valence-electron chi connectivity index (χ4n) is 3.16. The molecule has 0 saturated carbocycles. The van der Waals surface area contributed by atoms with Crippen molar-refractivity contribution in [3.63, 3.8) is 0 Å². The van der Waals surface area contributed by atoms with Crippen LogP contribution in [0.1, 0.15) is 38.6 Å². The minimum Gasteiger partial charge on any atom is -0.384 e. The van der Waals surface area contributed by atoms with Crippen molar-refractivity contribution in [1.82, 2.24) is 9.88 Å². The van der Waals surface area contributed by atoms with Gasteiger partial charge >= 0.3 is 0 Å². The first-order chi connectivity index (χ1) is 13.0. The molecule has 1 atom stereocenters. The van der Waals surface area contributed by atoms with E-state index >= 15 is 0 Å². The standard InChI is InChI=1S/C19H16N4O3S/c1-10(14-7-4-8-27-14)21-12-5-2-3-6-13(12)23-15(24)9-11-16(17(23)20)19(26)22-18(11)25/h2-10,21H,20H2,1H3,(H,22,25,26). The van der Waals surface area contributed by atoms with E-state index in [0.29, 0.717) is 11.4 Å². The van der Waals surface area contributed by atoms with Crippen molar-refractivity contribution >= 4 is 34.7 Å². The Bertz CT molecular complexity index is 1120. The summed E-state index contributed by atoms with van der Waals surface area (Å²) in [5.41, 5.74) is 6.90. The summed E-state index contributed by atoms with van der Waals surface area (Å²) in [4.78, 5) is 37.7. The number of nitrogens with one attached hydrogen (secondary N) is 2. The van der Waals surface area contributed by atoms with Gasteiger partial charge < -0.3 is 11.1 Å². The number of benzene rings is 1. The highest BCUT2D eigenvalue weighted by Gasteiger charge is 2.32. The Kier molecular flexibility index (Phi) is 4.04. The number of anilines is 2. The number of nitrogens with zero attached hydrogens (tertiary/aromatic N) is 1. The van der Waals surface area contributed by atoms with E-state index in [9.17, 15) is 14.4 Å². The fourth-order valence-corrected chi connectivity index (χ4v) is 3.90. The van der Waals surface area contributed by atoms with Gasteiger partial charge in [0, 0.05) is 10.9 Å². The number of carbonyl (C=O) groups excluding carboxylic acids is 2. The molecule has 1 unspecified atom stereocenters. The molecule has 0 fully saturated rings. The second-order valence-corrected chi connectivity index (χ2v) is 7.15. The van der Waals surface area contributed by atoms with Crippen molar-refractivity contribution in [2.75, 3.05) is 11.1 Å². The number of nitrogens with two attached hydrogens (primary N) is 1. The van der Waals surface area contributed by atoms with E-state index in [1.54, 1.807) is 23.5 Å². The lowest BCUT2D eigenvalue weighted by atomic mass is 10.1. The summed E-state index contributed by atoms with van der Waals surface area (Å²) in [6.45, 7) is 2.02. The van der Waals surface area contributed by atoms with E-state index in [1.165, 1.54) is 4.57 Å². The van der Waals surface area contributed by atoms with Crippen LogP contribution in [-0.2, 0) is 0 Å². The maximum Gasteiger partial charge on any atom is 0.262 e. The minimum absolute atomic E-state index is 0.0103. The molecule has 4 rings (SSSR count). The van der Waals surface area contributed by atoms with Gasteiger partial charge in [-0.3, -0.25) is 24.3 Å². The molecule has 136 valence electrons. The Labute approximate surface area is 158 Å². The molecule has 0 spiro atoms. The molecule has 0 radical (unpaired) electrons. The van der Waals surface area contributed by atoms with Crippen molar-refractivity contribution in [1.29, 1.82) is 0 Å². The van der Waals surface area contributed by atoms with Crippen LogP contribution in [0.4, 0.5) is 11.5 Å². The van der Waals surface area contributed by atoms with Crippen LogP contribution >= 0.6 is 11.3 Å². The van der Waals surface area contributed by atoms with Gasteiger partial charge in [-0.25, -0.2) is 0 Å². The molecule has 7 nitrogen and oxygen atoms in total. The van der Waals surface area contributed by atoms with E-state index in [-0.39, 0.29) is 23.0 Å². The number of hydrogen-bond acceptors (Lipinski definition) is 6. The maximum atomic E-state index is 12.7. The van der Waals surface area contributed by atoms with Gasteiger partial charge in [0.2, 0.25) is 0 Å². The number of nitrogen functional groups attached to an aromatic ring is 1. The summed E-state index contributed by atoms with van der Waals surface area (Å²) in [6, 6.07) is 12.4. The van der Waals surface area contributed by atoms with Crippen molar-refractivity contribution in [2.24, 2.45) is 0 Å². The first-order valence-electron chi connectivity index (χ1n) is 8.28. The molecule has 8 heteroatoms. The third-order valence-corrected chi connectivity index (χ3v) is 5.50. The first-order valence-corrected chi connectivity index (χ1v) is 9.16. The average molecular weight is 380 g/mol. The predicted molar refractivity (Wildman–Crippen MR) is 105 cm³/mol. The topological polar surface area (TPSA) is 106 Å². The number of carbonyl (C=O) groups is 2. The minimum atomic E-state index is -0.608. The third-order valence-electron chi connectivity index (χ3n) is 4.44. The molecule has 2 aromatic heterocycles. The van der Waals surface area contributed by atoms with Gasteiger partial charge in [0.05, 0.1) is 28.5 Å². The lowest BCUT2D eigenvalue weighted by Crippen LogP contribution is -2.25. The highest BCUT2D eigenvalue weighted by Crippen LogP contribution is 2.29. The second-order valence-electron chi connectivity index (χ2n) is 6.17.